The number of rotatable bonds is 6. The zero-order valence-electron chi connectivity index (χ0n) is 12.2. The van der Waals surface area contributed by atoms with E-state index in [1.165, 1.54) is 16.8 Å². The third kappa shape index (κ3) is 3.81. The number of anilines is 1. The van der Waals surface area contributed by atoms with E-state index in [-0.39, 0.29) is 12.2 Å². The van der Waals surface area contributed by atoms with E-state index in [0.717, 1.165) is 19.3 Å². The Hall–Kier alpha value is -1.44. The quantitative estimate of drug-likeness (QED) is 0.656. The Morgan fingerprint density at radius 1 is 1.57 bits per heavy atom. The molecule has 118 valence electrons. The molecule has 1 unspecified atom stereocenters. The van der Waals surface area contributed by atoms with Crippen molar-refractivity contribution in [2.75, 3.05) is 5.73 Å². The van der Waals surface area contributed by atoms with Gasteiger partial charge in [0.15, 0.2) is 0 Å². The first-order chi connectivity index (χ1) is 10.0. The van der Waals surface area contributed by atoms with Gasteiger partial charge in [0.05, 0.1) is 12.2 Å². The molecule has 4 atom stereocenters. The van der Waals surface area contributed by atoms with E-state index in [1.54, 1.807) is 0 Å². The maximum absolute atomic E-state index is 11.8. The lowest BCUT2D eigenvalue weighted by molar-refractivity contribution is -0.0856. The van der Waals surface area contributed by atoms with Crippen LogP contribution in [-0.4, -0.2) is 38.1 Å². The van der Waals surface area contributed by atoms with Crippen LogP contribution in [0.3, 0.4) is 0 Å². The Bertz CT molecular complexity index is 519. The lowest BCUT2D eigenvalue weighted by Gasteiger charge is -2.21. The molecule has 2 heterocycles. The summed E-state index contributed by atoms with van der Waals surface area (Å²) in [6.07, 6.45) is 2.50. The minimum absolute atomic E-state index is 0.144. The number of nitrogens with two attached hydrogens (primary N) is 1. The van der Waals surface area contributed by atoms with Crippen LogP contribution in [0.4, 0.5) is 5.82 Å². The van der Waals surface area contributed by atoms with Crippen molar-refractivity contribution in [2.24, 2.45) is 0 Å². The molecule has 0 spiro atoms. The summed E-state index contributed by atoms with van der Waals surface area (Å²) in [6.45, 7) is 2.09. The van der Waals surface area contributed by atoms with Gasteiger partial charge in [0.25, 0.3) is 0 Å². The molecule has 1 aromatic heterocycles. The Morgan fingerprint density at radius 2 is 2.33 bits per heavy atom. The number of aliphatic hydroxyl groups excluding tert-OH is 2. The van der Waals surface area contributed by atoms with E-state index < -0.39 is 30.2 Å². The third-order valence-corrected chi connectivity index (χ3v) is 3.78. The molecule has 21 heavy (non-hydrogen) atoms. The molecular formula is C14H23N3O4. The maximum atomic E-state index is 11.8. The summed E-state index contributed by atoms with van der Waals surface area (Å²) >= 11 is 0. The number of aromatic nitrogens is 2. The van der Waals surface area contributed by atoms with Gasteiger partial charge in [0.2, 0.25) is 0 Å². The van der Waals surface area contributed by atoms with Crippen molar-refractivity contribution in [3.8, 4) is 0 Å². The van der Waals surface area contributed by atoms with Crippen LogP contribution in [-0.2, 0) is 4.74 Å². The molecule has 1 fully saturated rings. The monoisotopic (exact) mass is 297 g/mol. The average Bonchev–Trinajstić information content (AvgIpc) is 2.80. The van der Waals surface area contributed by atoms with Crippen LogP contribution >= 0.6 is 0 Å². The first-order valence-electron chi connectivity index (χ1n) is 7.39. The van der Waals surface area contributed by atoms with Crippen molar-refractivity contribution in [3.63, 3.8) is 0 Å². The molecule has 2 rings (SSSR count). The molecule has 0 aliphatic carbocycles. The van der Waals surface area contributed by atoms with E-state index in [2.05, 4.69) is 11.9 Å². The number of hydrogen-bond donors (Lipinski definition) is 3. The van der Waals surface area contributed by atoms with E-state index in [1.807, 2.05) is 0 Å². The number of ether oxygens (including phenoxy) is 1. The zero-order chi connectivity index (χ0) is 15.4. The van der Waals surface area contributed by atoms with E-state index in [0.29, 0.717) is 6.42 Å². The van der Waals surface area contributed by atoms with Crippen molar-refractivity contribution < 1.29 is 14.9 Å². The Labute approximate surface area is 123 Å². The Morgan fingerprint density at radius 3 is 3.00 bits per heavy atom. The van der Waals surface area contributed by atoms with Gasteiger partial charge in [-0.3, -0.25) is 4.57 Å². The highest BCUT2D eigenvalue weighted by Crippen LogP contribution is 2.30. The van der Waals surface area contributed by atoms with Gasteiger partial charge in [-0.2, -0.15) is 4.98 Å². The first-order valence-corrected chi connectivity index (χ1v) is 7.39. The summed E-state index contributed by atoms with van der Waals surface area (Å²) in [4.78, 5) is 15.4. The molecule has 7 nitrogen and oxygen atoms in total. The molecule has 0 radical (unpaired) electrons. The fraction of sp³-hybridized carbons (Fsp3) is 0.714. The van der Waals surface area contributed by atoms with Crippen LogP contribution in [0.25, 0.3) is 0 Å². The minimum atomic E-state index is -0.795. The van der Waals surface area contributed by atoms with Crippen LogP contribution in [0, 0.1) is 0 Å². The van der Waals surface area contributed by atoms with Gasteiger partial charge in [0.1, 0.15) is 18.1 Å². The lowest BCUT2D eigenvalue weighted by Crippen LogP contribution is -2.34. The smallest absolute Gasteiger partial charge is 0.351 e. The second kappa shape index (κ2) is 7.02. The van der Waals surface area contributed by atoms with Crippen LogP contribution < -0.4 is 11.4 Å². The van der Waals surface area contributed by atoms with Gasteiger partial charge in [-0.1, -0.05) is 26.2 Å². The van der Waals surface area contributed by atoms with Crippen molar-refractivity contribution in [1.82, 2.24) is 9.55 Å². The van der Waals surface area contributed by atoms with Crippen molar-refractivity contribution in [2.45, 2.75) is 63.6 Å². The largest absolute Gasteiger partial charge is 0.390 e. The highest BCUT2D eigenvalue weighted by Gasteiger charge is 2.39. The topological polar surface area (TPSA) is 111 Å². The molecule has 0 bridgehead atoms. The number of aliphatic hydroxyl groups is 2. The molecule has 0 saturated carbocycles. The normalized spacial score (nSPS) is 26.9. The lowest BCUT2D eigenvalue weighted by atomic mass is 10.0. The zero-order valence-corrected chi connectivity index (χ0v) is 12.2. The third-order valence-electron chi connectivity index (χ3n) is 3.78. The molecule has 0 aromatic carbocycles. The van der Waals surface area contributed by atoms with Gasteiger partial charge in [-0.05, 0) is 12.5 Å². The predicted octanol–water partition coefficient (Wildman–Crippen LogP) is 0.415. The average molecular weight is 297 g/mol. The van der Waals surface area contributed by atoms with E-state index in [4.69, 9.17) is 10.5 Å². The molecule has 1 saturated heterocycles. The molecular weight excluding hydrogens is 274 g/mol. The highest BCUT2D eigenvalue weighted by atomic mass is 16.5. The van der Waals surface area contributed by atoms with Gasteiger partial charge in [0, 0.05) is 12.6 Å². The van der Waals surface area contributed by atoms with Crippen LogP contribution in [0.1, 0.15) is 45.3 Å². The van der Waals surface area contributed by atoms with Crippen molar-refractivity contribution in [1.29, 1.82) is 0 Å². The second-order valence-electron chi connectivity index (χ2n) is 5.46. The van der Waals surface area contributed by atoms with Crippen molar-refractivity contribution in [3.05, 3.63) is 22.7 Å². The number of unbranched alkanes of at least 4 members (excludes halogenated alkanes) is 2. The molecule has 4 N–H and O–H groups in total. The highest BCUT2D eigenvalue weighted by molar-refractivity contribution is 5.23. The van der Waals surface area contributed by atoms with Gasteiger partial charge in [-0.15, -0.1) is 0 Å². The predicted molar refractivity (Wildman–Crippen MR) is 77.6 cm³/mol. The number of hydrogen-bond acceptors (Lipinski definition) is 6. The first kappa shape index (κ1) is 15.9. The van der Waals surface area contributed by atoms with Crippen molar-refractivity contribution >= 4 is 5.82 Å². The SMILES string of the molecule is CCCCCC(O)[C@H]1O[C@@H](n2ccc(N)nc2=O)C[C@@H]1O. The fourth-order valence-corrected chi connectivity index (χ4v) is 2.61. The number of nitrogen functional groups attached to an aromatic ring is 1. The molecule has 1 aliphatic heterocycles. The summed E-state index contributed by atoms with van der Waals surface area (Å²) in [5.41, 5.74) is 4.92. The minimum Gasteiger partial charge on any atom is -0.390 e. The molecule has 7 heteroatoms. The maximum Gasteiger partial charge on any atom is 0.351 e. The summed E-state index contributed by atoms with van der Waals surface area (Å²) < 4.78 is 6.95. The summed E-state index contributed by atoms with van der Waals surface area (Å²) in [5.74, 6) is 0.144. The van der Waals surface area contributed by atoms with E-state index >= 15 is 0 Å². The van der Waals surface area contributed by atoms with Gasteiger partial charge < -0.3 is 20.7 Å². The van der Waals surface area contributed by atoms with Crippen LogP contribution in [0.5, 0.6) is 0 Å². The van der Waals surface area contributed by atoms with Gasteiger partial charge >= 0.3 is 5.69 Å². The number of nitrogens with zero attached hydrogens (tertiary/aromatic N) is 2. The fourth-order valence-electron chi connectivity index (χ4n) is 2.61. The van der Waals surface area contributed by atoms with Gasteiger partial charge in [-0.25, -0.2) is 4.79 Å². The second-order valence-corrected chi connectivity index (χ2v) is 5.46. The van der Waals surface area contributed by atoms with Crippen LogP contribution in [0.15, 0.2) is 17.1 Å². The van der Waals surface area contributed by atoms with E-state index in [9.17, 15) is 15.0 Å². The summed E-state index contributed by atoms with van der Waals surface area (Å²) in [6, 6.07) is 1.50. The molecule has 0 amide bonds. The Kier molecular flexibility index (Phi) is 5.33. The molecule has 1 aliphatic rings. The molecule has 1 aromatic rings. The standard InChI is InChI=1S/C14H23N3O4/c1-2-3-4-5-9(18)13-10(19)8-12(21-13)17-7-6-11(15)16-14(17)20/h6-7,9-10,12-13,18-19H,2-5,8H2,1H3,(H2,15,16,20)/t9?,10-,12+,13+/m0/s1. The summed E-state index contributed by atoms with van der Waals surface area (Å²) in [7, 11) is 0. The van der Waals surface area contributed by atoms with Crippen LogP contribution in [0.2, 0.25) is 0 Å². The Balaban J connectivity index is 2.01. The summed E-state index contributed by atoms with van der Waals surface area (Å²) in [5, 5.41) is 20.2.